The smallest absolute Gasteiger partial charge is 0.325 e. The van der Waals surface area contributed by atoms with Crippen LogP contribution in [0, 0.1) is 0 Å². The second-order valence-electron chi connectivity index (χ2n) is 8.31. The van der Waals surface area contributed by atoms with Gasteiger partial charge in [-0.2, -0.15) is 13.2 Å². The third-order valence-corrected chi connectivity index (χ3v) is 6.03. The van der Waals surface area contributed by atoms with Crippen LogP contribution < -0.4 is 10.2 Å². The number of imidazole rings is 1. The molecule has 1 aliphatic heterocycles. The van der Waals surface area contributed by atoms with Crippen LogP contribution in [0.15, 0.2) is 78.9 Å². The van der Waals surface area contributed by atoms with E-state index in [0.29, 0.717) is 29.9 Å². The maximum atomic E-state index is 13.4. The Morgan fingerprint density at radius 2 is 1.63 bits per heavy atom. The Kier molecular flexibility index (Phi) is 5.76. The van der Waals surface area contributed by atoms with E-state index in [4.69, 9.17) is 0 Å². The van der Waals surface area contributed by atoms with Crippen molar-refractivity contribution in [3.63, 3.8) is 0 Å². The Morgan fingerprint density at radius 1 is 0.943 bits per heavy atom. The van der Waals surface area contributed by atoms with Gasteiger partial charge in [-0.15, -0.1) is 0 Å². The molecule has 6 nitrogen and oxygen atoms in total. The molecule has 1 atom stereocenters. The summed E-state index contributed by atoms with van der Waals surface area (Å²) in [5, 5.41) is 2.34. The summed E-state index contributed by atoms with van der Waals surface area (Å²) in [4.78, 5) is 32.4. The molecule has 178 valence electrons. The van der Waals surface area contributed by atoms with Gasteiger partial charge in [0.15, 0.2) is 0 Å². The molecule has 2 heterocycles. The van der Waals surface area contributed by atoms with E-state index in [2.05, 4.69) is 10.3 Å². The minimum Gasteiger partial charge on any atom is -0.325 e. The second-order valence-corrected chi connectivity index (χ2v) is 8.31. The molecule has 0 spiro atoms. The van der Waals surface area contributed by atoms with Gasteiger partial charge in [0.05, 0.1) is 28.7 Å². The van der Waals surface area contributed by atoms with Crippen molar-refractivity contribution in [1.82, 2.24) is 9.55 Å². The number of carbonyl (C=O) groups is 2. The van der Waals surface area contributed by atoms with Gasteiger partial charge in [0.1, 0.15) is 6.04 Å². The molecule has 9 heteroatoms. The van der Waals surface area contributed by atoms with E-state index in [1.807, 2.05) is 54.6 Å². The number of rotatable bonds is 6. The Hall–Kier alpha value is -4.14. The van der Waals surface area contributed by atoms with E-state index in [0.717, 1.165) is 11.6 Å². The lowest BCUT2D eigenvalue weighted by Crippen LogP contribution is -2.33. The highest BCUT2D eigenvalue weighted by molar-refractivity contribution is 6.05. The summed E-state index contributed by atoms with van der Waals surface area (Å²) in [6, 6.07) is 20.8. The quantitative estimate of drug-likeness (QED) is 0.414. The Bertz CT molecular complexity index is 1400. The topological polar surface area (TPSA) is 67.2 Å². The summed E-state index contributed by atoms with van der Waals surface area (Å²) in [6.45, 7) is 0.362. The third kappa shape index (κ3) is 4.37. The minimum absolute atomic E-state index is 0.312. The maximum absolute atomic E-state index is 13.4. The third-order valence-electron chi connectivity index (χ3n) is 6.03. The fraction of sp³-hybridized carbons (Fsp3) is 0.192. The van der Waals surface area contributed by atoms with Gasteiger partial charge >= 0.3 is 6.18 Å². The number of benzene rings is 3. The summed E-state index contributed by atoms with van der Waals surface area (Å²) in [7, 11) is 0. The normalized spacial score (nSPS) is 15.5. The second kappa shape index (κ2) is 8.90. The van der Waals surface area contributed by atoms with E-state index >= 15 is 0 Å². The molecule has 0 aliphatic carbocycles. The van der Waals surface area contributed by atoms with Gasteiger partial charge in [0.2, 0.25) is 11.9 Å². The summed E-state index contributed by atoms with van der Waals surface area (Å²) in [5.74, 6) is -0.567. The van der Waals surface area contributed by atoms with Gasteiger partial charge in [-0.25, -0.2) is 4.98 Å². The van der Waals surface area contributed by atoms with Crippen LogP contribution in [0.2, 0.25) is 0 Å². The summed E-state index contributed by atoms with van der Waals surface area (Å²) in [6.07, 6.45) is -4.34. The molecule has 4 aromatic rings. The molecule has 0 bridgehead atoms. The molecule has 2 amide bonds. The van der Waals surface area contributed by atoms with Crippen molar-refractivity contribution in [1.29, 1.82) is 0 Å². The highest BCUT2D eigenvalue weighted by atomic mass is 19.4. The van der Waals surface area contributed by atoms with Crippen LogP contribution in [0.3, 0.4) is 0 Å². The van der Waals surface area contributed by atoms with Crippen LogP contribution >= 0.6 is 0 Å². The van der Waals surface area contributed by atoms with Gasteiger partial charge in [0, 0.05) is 6.54 Å². The number of nitrogens with one attached hydrogen (secondary N) is 1. The highest BCUT2D eigenvalue weighted by Crippen LogP contribution is 2.38. The van der Waals surface area contributed by atoms with Crippen molar-refractivity contribution < 1.29 is 22.8 Å². The van der Waals surface area contributed by atoms with E-state index in [-0.39, 0.29) is 18.0 Å². The van der Waals surface area contributed by atoms with Crippen molar-refractivity contribution in [2.24, 2.45) is 0 Å². The van der Waals surface area contributed by atoms with Gasteiger partial charge < -0.3 is 5.32 Å². The van der Waals surface area contributed by atoms with Gasteiger partial charge in [0.25, 0.3) is 5.91 Å². The van der Waals surface area contributed by atoms with Crippen molar-refractivity contribution in [3.8, 4) is 0 Å². The van der Waals surface area contributed by atoms with Gasteiger partial charge in [-0.3, -0.25) is 19.1 Å². The van der Waals surface area contributed by atoms with Gasteiger partial charge in [-0.1, -0.05) is 54.6 Å². The molecule has 3 aromatic carbocycles. The van der Waals surface area contributed by atoms with Gasteiger partial charge in [-0.05, 0) is 36.2 Å². The predicted molar refractivity (Wildman–Crippen MR) is 126 cm³/mol. The number of anilines is 2. The van der Waals surface area contributed by atoms with Crippen LogP contribution in [0.1, 0.15) is 23.6 Å². The number of amides is 2. The summed E-state index contributed by atoms with van der Waals surface area (Å²) >= 11 is 0. The molecule has 1 aliphatic rings. The van der Waals surface area contributed by atoms with E-state index in [1.54, 1.807) is 9.47 Å². The van der Waals surface area contributed by atoms with Crippen LogP contribution in [0.25, 0.3) is 11.0 Å². The molecule has 0 fully saturated rings. The first-order chi connectivity index (χ1) is 16.8. The standard InChI is InChI=1S/C26H21F3N4O2/c27-26(28,29)18-10-4-5-11-19(18)30-23(34)16-22-24(35)32(15-14-17-8-2-1-3-9-17)25-31-20-12-6-7-13-21(20)33(22)25/h1-13,22H,14-16H2,(H,30,34). The SMILES string of the molecule is O=C(CC1C(=O)N(CCc2ccccc2)c2nc3ccccc3n21)Nc1ccccc1C(F)(F)F. The van der Waals surface area contributed by atoms with E-state index in [9.17, 15) is 22.8 Å². The molecule has 0 saturated carbocycles. The van der Waals surface area contributed by atoms with E-state index in [1.165, 1.54) is 18.2 Å². The lowest BCUT2D eigenvalue weighted by atomic mass is 10.1. The Morgan fingerprint density at radius 3 is 2.40 bits per heavy atom. The first kappa shape index (κ1) is 22.6. The lowest BCUT2D eigenvalue weighted by Gasteiger charge is -2.17. The number of nitrogens with zero attached hydrogens (tertiary/aromatic N) is 3. The van der Waals surface area contributed by atoms with Crippen molar-refractivity contribution in [2.75, 3.05) is 16.8 Å². The molecule has 35 heavy (non-hydrogen) atoms. The number of hydrogen-bond acceptors (Lipinski definition) is 3. The number of para-hydroxylation sites is 3. The molecule has 0 radical (unpaired) electrons. The number of hydrogen-bond donors (Lipinski definition) is 1. The highest BCUT2D eigenvalue weighted by Gasteiger charge is 2.41. The first-order valence-corrected chi connectivity index (χ1v) is 11.1. The maximum Gasteiger partial charge on any atom is 0.418 e. The zero-order valence-electron chi connectivity index (χ0n) is 18.5. The number of fused-ring (bicyclic) bond motifs is 3. The largest absolute Gasteiger partial charge is 0.418 e. The van der Waals surface area contributed by atoms with Crippen molar-refractivity contribution in [3.05, 3.63) is 90.0 Å². The molecule has 1 aromatic heterocycles. The summed E-state index contributed by atoms with van der Waals surface area (Å²) in [5.41, 5.74) is 1.13. The fourth-order valence-electron chi connectivity index (χ4n) is 4.41. The van der Waals surface area contributed by atoms with E-state index < -0.39 is 23.7 Å². The average Bonchev–Trinajstić information content (AvgIpc) is 3.32. The molecule has 1 N–H and O–H groups in total. The minimum atomic E-state index is -4.62. The van der Waals surface area contributed by atoms with Crippen molar-refractivity contribution in [2.45, 2.75) is 25.1 Å². The number of alkyl halides is 3. The van der Waals surface area contributed by atoms with Crippen LogP contribution in [-0.4, -0.2) is 27.9 Å². The van der Waals surface area contributed by atoms with Crippen LogP contribution in [0.4, 0.5) is 24.8 Å². The molecule has 0 saturated heterocycles. The molecular formula is C26H21F3N4O2. The van der Waals surface area contributed by atoms with Crippen LogP contribution in [0.5, 0.6) is 0 Å². The number of halogens is 3. The monoisotopic (exact) mass is 478 g/mol. The Labute approximate surface area is 199 Å². The lowest BCUT2D eigenvalue weighted by molar-refractivity contribution is -0.137. The van der Waals surface area contributed by atoms with Crippen LogP contribution in [-0.2, 0) is 22.2 Å². The summed E-state index contributed by atoms with van der Waals surface area (Å²) < 4.78 is 41.7. The predicted octanol–water partition coefficient (Wildman–Crippen LogP) is 5.21. The molecule has 5 rings (SSSR count). The fourth-order valence-corrected chi connectivity index (χ4v) is 4.41. The average molecular weight is 478 g/mol. The zero-order valence-corrected chi connectivity index (χ0v) is 18.5. The first-order valence-electron chi connectivity index (χ1n) is 11.1. The number of carbonyl (C=O) groups excluding carboxylic acids is 2. The van der Waals surface area contributed by atoms with Crippen molar-refractivity contribution >= 4 is 34.5 Å². The Balaban J connectivity index is 1.42. The molecule has 1 unspecified atom stereocenters. The zero-order chi connectivity index (χ0) is 24.6. The molecular weight excluding hydrogens is 457 g/mol. The number of aromatic nitrogens is 2.